The number of anilines is 1. The molecule has 0 aliphatic heterocycles. The second kappa shape index (κ2) is 7.09. The third kappa shape index (κ3) is 3.33. The zero-order valence-electron chi connectivity index (χ0n) is 13.1. The van der Waals surface area contributed by atoms with Crippen molar-refractivity contribution >= 4 is 5.69 Å². The van der Waals surface area contributed by atoms with Crippen LogP contribution < -0.4 is 5.32 Å². The zero-order chi connectivity index (χ0) is 14.5. The Labute approximate surface area is 122 Å². The minimum atomic E-state index is 0.157. The zero-order valence-corrected chi connectivity index (χ0v) is 13.1. The summed E-state index contributed by atoms with van der Waals surface area (Å²) in [5.74, 6) is 0.627. The van der Waals surface area contributed by atoms with E-state index in [2.05, 4.69) is 43.4 Å². The molecule has 1 aliphatic carbocycles. The van der Waals surface area contributed by atoms with Crippen LogP contribution in [0.1, 0.15) is 45.1 Å². The molecule has 0 saturated heterocycles. The van der Waals surface area contributed by atoms with Crippen molar-refractivity contribution < 1.29 is 9.47 Å². The fourth-order valence-electron chi connectivity index (χ4n) is 2.77. The van der Waals surface area contributed by atoms with Gasteiger partial charge < -0.3 is 14.8 Å². The van der Waals surface area contributed by atoms with Crippen LogP contribution in [0.15, 0.2) is 24.3 Å². The second-order valence-electron chi connectivity index (χ2n) is 5.61. The third-order valence-corrected chi connectivity index (χ3v) is 4.35. The average molecular weight is 277 g/mol. The van der Waals surface area contributed by atoms with Crippen LogP contribution >= 0.6 is 0 Å². The largest absolute Gasteiger partial charge is 0.379 e. The summed E-state index contributed by atoms with van der Waals surface area (Å²) in [6.07, 6.45) is 2.59. The first kappa shape index (κ1) is 15.3. The molecule has 2 rings (SSSR count). The standard InChI is InChI=1S/C17H27NO2/c1-5-12(3)13-7-9-14(10-8-13)18-15-11-16(20-6-2)17(15)19-4/h7-10,12,15-18H,5-6,11H2,1-4H3. The summed E-state index contributed by atoms with van der Waals surface area (Å²) < 4.78 is 11.2. The molecule has 4 unspecified atom stereocenters. The van der Waals surface area contributed by atoms with Gasteiger partial charge in [0.25, 0.3) is 0 Å². The van der Waals surface area contributed by atoms with E-state index in [4.69, 9.17) is 9.47 Å². The number of methoxy groups -OCH3 is 1. The lowest BCUT2D eigenvalue weighted by molar-refractivity contribution is -0.118. The highest BCUT2D eigenvalue weighted by atomic mass is 16.5. The second-order valence-corrected chi connectivity index (χ2v) is 5.61. The summed E-state index contributed by atoms with van der Waals surface area (Å²) in [5, 5.41) is 3.55. The van der Waals surface area contributed by atoms with Gasteiger partial charge in [-0.15, -0.1) is 0 Å². The maximum absolute atomic E-state index is 5.65. The lowest BCUT2D eigenvalue weighted by atomic mass is 9.85. The molecule has 3 heteroatoms. The SMILES string of the molecule is CCOC1CC(Nc2ccc(C(C)CC)cc2)C1OC. The van der Waals surface area contributed by atoms with Crippen molar-refractivity contribution in [1.82, 2.24) is 0 Å². The van der Waals surface area contributed by atoms with Crippen LogP contribution in [0, 0.1) is 0 Å². The molecule has 0 amide bonds. The highest BCUT2D eigenvalue weighted by Crippen LogP contribution is 2.30. The van der Waals surface area contributed by atoms with Crippen molar-refractivity contribution in [2.75, 3.05) is 19.0 Å². The highest BCUT2D eigenvalue weighted by molar-refractivity contribution is 5.47. The Hall–Kier alpha value is -1.06. The van der Waals surface area contributed by atoms with Crippen molar-refractivity contribution in [2.45, 2.75) is 57.8 Å². The molecule has 1 aliphatic rings. The molecule has 20 heavy (non-hydrogen) atoms. The average Bonchev–Trinajstić information content (AvgIpc) is 2.46. The number of rotatable bonds is 7. The van der Waals surface area contributed by atoms with E-state index in [1.54, 1.807) is 7.11 Å². The van der Waals surface area contributed by atoms with Gasteiger partial charge in [0.1, 0.15) is 6.10 Å². The first-order valence-electron chi connectivity index (χ1n) is 7.70. The van der Waals surface area contributed by atoms with E-state index in [1.165, 1.54) is 17.7 Å². The Bertz CT molecular complexity index is 404. The Balaban J connectivity index is 1.91. The van der Waals surface area contributed by atoms with E-state index >= 15 is 0 Å². The first-order valence-corrected chi connectivity index (χ1v) is 7.70. The van der Waals surface area contributed by atoms with Gasteiger partial charge in [0, 0.05) is 19.4 Å². The van der Waals surface area contributed by atoms with Crippen LogP contribution in [0.2, 0.25) is 0 Å². The Kier molecular flexibility index (Phi) is 5.44. The van der Waals surface area contributed by atoms with Crippen molar-refractivity contribution in [3.8, 4) is 0 Å². The van der Waals surface area contributed by atoms with E-state index in [9.17, 15) is 0 Å². The minimum absolute atomic E-state index is 0.157. The van der Waals surface area contributed by atoms with Crippen LogP contribution in [0.3, 0.4) is 0 Å². The molecule has 1 fully saturated rings. The van der Waals surface area contributed by atoms with Gasteiger partial charge in [-0.05, 0) is 43.4 Å². The van der Waals surface area contributed by atoms with Gasteiger partial charge in [0.2, 0.25) is 0 Å². The van der Waals surface area contributed by atoms with E-state index in [0.29, 0.717) is 12.0 Å². The van der Waals surface area contributed by atoms with E-state index in [-0.39, 0.29) is 12.2 Å². The molecule has 3 nitrogen and oxygen atoms in total. The van der Waals surface area contributed by atoms with Gasteiger partial charge in [0.15, 0.2) is 0 Å². The topological polar surface area (TPSA) is 30.5 Å². The van der Waals surface area contributed by atoms with Crippen molar-refractivity contribution in [3.05, 3.63) is 29.8 Å². The smallest absolute Gasteiger partial charge is 0.103 e. The molecule has 0 bridgehead atoms. The highest BCUT2D eigenvalue weighted by Gasteiger charge is 2.42. The van der Waals surface area contributed by atoms with Crippen molar-refractivity contribution in [1.29, 1.82) is 0 Å². The van der Waals surface area contributed by atoms with Crippen molar-refractivity contribution in [2.24, 2.45) is 0 Å². The normalized spacial score (nSPS) is 26.9. The van der Waals surface area contributed by atoms with Crippen LogP contribution in [0.25, 0.3) is 0 Å². The van der Waals surface area contributed by atoms with Gasteiger partial charge in [-0.25, -0.2) is 0 Å². The Morgan fingerprint density at radius 3 is 2.50 bits per heavy atom. The van der Waals surface area contributed by atoms with Crippen LogP contribution in [0.5, 0.6) is 0 Å². The minimum Gasteiger partial charge on any atom is -0.379 e. The van der Waals surface area contributed by atoms with Gasteiger partial charge in [0.05, 0.1) is 12.1 Å². The maximum atomic E-state index is 5.65. The van der Waals surface area contributed by atoms with E-state index in [0.717, 1.165) is 13.0 Å². The molecule has 1 aromatic rings. The van der Waals surface area contributed by atoms with Gasteiger partial charge in [-0.1, -0.05) is 26.0 Å². The Morgan fingerprint density at radius 1 is 1.25 bits per heavy atom. The molecule has 0 spiro atoms. The number of ether oxygens (including phenoxy) is 2. The monoisotopic (exact) mass is 277 g/mol. The maximum Gasteiger partial charge on any atom is 0.103 e. The molecule has 112 valence electrons. The van der Waals surface area contributed by atoms with Gasteiger partial charge in [-0.3, -0.25) is 0 Å². The predicted molar refractivity (Wildman–Crippen MR) is 83.4 cm³/mol. The predicted octanol–water partition coefficient (Wildman–Crippen LogP) is 3.80. The summed E-state index contributed by atoms with van der Waals surface area (Å²) in [5.41, 5.74) is 2.57. The molecule has 0 aromatic heterocycles. The first-order chi connectivity index (χ1) is 9.69. The number of hydrogen-bond donors (Lipinski definition) is 1. The fourth-order valence-corrected chi connectivity index (χ4v) is 2.77. The summed E-state index contributed by atoms with van der Waals surface area (Å²) >= 11 is 0. The quantitative estimate of drug-likeness (QED) is 0.822. The lowest BCUT2D eigenvalue weighted by Crippen LogP contribution is -2.56. The fraction of sp³-hybridized carbons (Fsp3) is 0.647. The lowest BCUT2D eigenvalue weighted by Gasteiger charge is -2.43. The third-order valence-electron chi connectivity index (χ3n) is 4.35. The summed E-state index contributed by atoms with van der Waals surface area (Å²) in [4.78, 5) is 0. The molecule has 1 N–H and O–H groups in total. The van der Waals surface area contributed by atoms with Crippen LogP contribution in [-0.4, -0.2) is 32.0 Å². The van der Waals surface area contributed by atoms with Crippen molar-refractivity contribution in [3.63, 3.8) is 0 Å². The van der Waals surface area contributed by atoms with Crippen LogP contribution in [-0.2, 0) is 9.47 Å². The molecule has 1 aromatic carbocycles. The summed E-state index contributed by atoms with van der Waals surface area (Å²) in [6, 6.07) is 9.13. The molecule has 0 heterocycles. The molecular weight excluding hydrogens is 250 g/mol. The number of nitrogens with one attached hydrogen (secondary N) is 1. The molecule has 4 atom stereocenters. The molecule has 0 radical (unpaired) electrons. The van der Waals surface area contributed by atoms with E-state index in [1.807, 2.05) is 6.92 Å². The summed E-state index contributed by atoms with van der Waals surface area (Å²) in [6.45, 7) is 7.27. The van der Waals surface area contributed by atoms with E-state index < -0.39 is 0 Å². The van der Waals surface area contributed by atoms with Gasteiger partial charge >= 0.3 is 0 Å². The summed E-state index contributed by atoms with van der Waals surface area (Å²) in [7, 11) is 1.76. The molecular formula is C17H27NO2. The number of benzene rings is 1. The van der Waals surface area contributed by atoms with Crippen LogP contribution in [0.4, 0.5) is 5.69 Å². The number of hydrogen-bond acceptors (Lipinski definition) is 3. The van der Waals surface area contributed by atoms with Gasteiger partial charge in [-0.2, -0.15) is 0 Å². The Morgan fingerprint density at radius 2 is 1.95 bits per heavy atom. The molecule has 1 saturated carbocycles.